The molecule has 0 spiro atoms. The molecule has 142 valence electrons. The van der Waals surface area contributed by atoms with Crippen molar-refractivity contribution in [2.45, 2.75) is 45.3 Å². The molecule has 2 heterocycles. The number of fused-ring (bicyclic) bond motifs is 1. The van der Waals surface area contributed by atoms with Crippen LogP contribution in [0.15, 0.2) is 36.5 Å². The molecule has 0 bridgehead atoms. The number of likely N-dealkylation sites (tertiary alicyclic amines) is 1. The molecular weight excluding hydrogens is 340 g/mol. The van der Waals surface area contributed by atoms with Crippen LogP contribution >= 0.6 is 0 Å². The Morgan fingerprint density at radius 2 is 2.00 bits per heavy atom. The number of carbonyl (C=O) groups excluding carboxylic acids is 1. The van der Waals surface area contributed by atoms with Crippen molar-refractivity contribution in [2.24, 2.45) is 5.92 Å². The first-order valence-electron chi connectivity index (χ1n) is 9.34. The number of nitrogens with zero attached hydrogens (tertiary/aromatic N) is 2. The van der Waals surface area contributed by atoms with Gasteiger partial charge in [0.15, 0.2) is 0 Å². The van der Waals surface area contributed by atoms with E-state index in [1.807, 2.05) is 51.1 Å². The summed E-state index contributed by atoms with van der Waals surface area (Å²) in [6.45, 7) is 6.74. The summed E-state index contributed by atoms with van der Waals surface area (Å²) >= 11 is 0. The molecule has 1 saturated heterocycles. The number of hydrogen-bond acceptors (Lipinski definition) is 4. The number of carbonyl (C=O) groups is 1. The lowest BCUT2D eigenvalue weighted by Crippen LogP contribution is -2.43. The van der Waals surface area contributed by atoms with E-state index in [4.69, 9.17) is 4.74 Å². The number of rotatable bonds is 1. The zero-order chi connectivity index (χ0) is 19.4. The number of aromatic nitrogens is 1. The van der Waals surface area contributed by atoms with Gasteiger partial charge in [0.25, 0.3) is 0 Å². The number of aliphatic hydroxyl groups excluding tert-OH is 1. The van der Waals surface area contributed by atoms with E-state index in [1.54, 1.807) is 11.1 Å². The van der Waals surface area contributed by atoms with E-state index < -0.39 is 11.7 Å². The number of hydrogen-bond donors (Lipinski definition) is 1. The largest absolute Gasteiger partial charge is 0.444 e. The molecule has 3 rings (SSSR count). The fourth-order valence-corrected chi connectivity index (χ4v) is 3.14. The van der Waals surface area contributed by atoms with Crippen molar-refractivity contribution in [3.05, 3.63) is 42.1 Å². The highest BCUT2D eigenvalue weighted by Crippen LogP contribution is 2.22. The third-order valence-electron chi connectivity index (χ3n) is 4.59. The Labute approximate surface area is 160 Å². The van der Waals surface area contributed by atoms with Crippen LogP contribution in [0.5, 0.6) is 0 Å². The number of pyridine rings is 1. The zero-order valence-electron chi connectivity index (χ0n) is 16.1. The molecule has 1 aliphatic rings. The van der Waals surface area contributed by atoms with Gasteiger partial charge in [-0.1, -0.05) is 30.0 Å². The molecule has 1 aromatic carbocycles. The number of ether oxygens (including phenoxy) is 1. The third-order valence-corrected chi connectivity index (χ3v) is 4.59. The Morgan fingerprint density at radius 1 is 1.30 bits per heavy atom. The molecule has 5 heteroatoms. The van der Waals surface area contributed by atoms with Crippen molar-refractivity contribution in [3.63, 3.8) is 0 Å². The molecule has 0 aliphatic carbocycles. The van der Waals surface area contributed by atoms with E-state index in [0.717, 1.165) is 16.5 Å². The number of para-hydroxylation sites is 1. The van der Waals surface area contributed by atoms with E-state index in [1.165, 1.54) is 0 Å². The van der Waals surface area contributed by atoms with Crippen LogP contribution in [-0.2, 0) is 4.74 Å². The van der Waals surface area contributed by atoms with Gasteiger partial charge in [-0.3, -0.25) is 4.98 Å². The number of amides is 1. The average molecular weight is 366 g/mol. The molecule has 1 aromatic heterocycles. The predicted octanol–water partition coefficient (Wildman–Crippen LogP) is 3.59. The lowest BCUT2D eigenvalue weighted by Gasteiger charge is -2.34. The van der Waals surface area contributed by atoms with Gasteiger partial charge >= 0.3 is 6.09 Å². The second-order valence-corrected chi connectivity index (χ2v) is 7.94. The highest BCUT2D eigenvalue weighted by Gasteiger charge is 2.29. The Morgan fingerprint density at radius 3 is 2.70 bits per heavy atom. The monoisotopic (exact) mass is 366 g/mol. The second-order valence-electron chi connectivity index (χ2n) is 7.94. The summed E-state index contributed by atoms with van der Waals surface area (Å²) in [5.74, 6) is 6.04. The SMILES string of the molecule is CC(C)(C)OC(=O)N1CCC(C(O)C#Cc2cnc3ccccc3c2)CC1. The van der Waals surface area contributed by atoms with Gasteiger partial charge in [-0.15, -0.1) is 0 Å². The van der Waals surface area contributed by atoms with Crippen molar-refractivity contribution in [2.75, 3.05) is 13.1 Å². The summed E-state index contributed by atoms with van der Waals surface area (Å²) in [4.78, 5) is 18.2. The first-order chi connectivity index (χ1) is 12.8. The molecule has 0 saturated carbocycles. The molecule has 2 aromatic rings. The molecule has 1 N–H and O–H groups in total. The van der Waals surface area contributed by atoms with Gasteiger partial charge in [-0.05, 0) is 51.7 Å². The zero-order valence-corrected chi connectivity index (χ0v) is 16.1. The van der Waals surface area contributed by atoms with Crippen LogP contribution in [0, 0.1) is 17.8 Å². The van der Waals surface area contributed by atoms with E-state index >= 15 is 0 Å². The number of piperidine rings is 1. The Balaban J connectivity index is 1.57. The summed E-state index contributed by atoms with van der Waals surface area (Å²) in [5, 5.41) is 11.5. The summed E-state index contributed by atoms with van der Waals surface area (Å²) in [6, 6.07) is 9.85. The Bertz CT molecular complexity index is 868. The van der Waals surface area contributed by atoms with E-state index in [-0.39, 0.29) is 12.0 Å². The quantitative estimate of drug-likeness (QED) is 0.784. The highest BCUT2D eigenvalue weighted by molar-refractivity contribution is 5.79. The van der Waals surface area contributed by atoms with Crippen LogP contribution in [0.2, 0.25) is 0 Å². The molecular formula is C22H26N2O3. The van der Waals surface area contributed by atoms with Crippen molar-refractivity contribution >= 4 is 17.0 Å². The lowest BCUT2D eigenvalue weighted by atomic mass is 9.91. The predicted molar refractivity (Wildman–Crippen MR) is 105 cm³/mol. The van der Waals surface area contributed by atoms with E-state index in [0.29, 0.717) is 25.9 Å². The summed E-state index contributed by atoms with van der Waals surface area (Å²) in [7, 11) is 0. The van der Waals surface area contributed by atoms with Crippen LogP contribution in [-0.4, -0.2) is 45.9 Å². The van der Waals surface area contributed by atoms with Crippen molar-refractivity contribution in [1.29, 1.82) is 0 Å². The molecule has 0 radical (unpaired) electrons. The smallest absolute Gasteiger partial charge is 0.410 e. The van der Waals surface area contributed by atoms with Crippen molar-refractivity contribution in [1.82, 2.24) is 9.88 Å². The molecule has 1 aliphatic heterocycles. The molecule has 1 amide bonds. The minimum atomic E-state index is -0.711. The van der Waals surface area contributed by atoms with Crippen LogP contribution in [0.1, 0.15) is 39.2 Å². The molecule has 1 unspecified atom stereocenters. The number of benzene rings is 1. The molecule has 27 heavy (non-hydrogen) atoms. The third kappa shape index (κ3) is 5.21. The maximum absolute atomic E-state index is 12.1. The first-order valence-corrected chi connectivity index (χ1v) is 9.34. The van der Waals surface area contributed by atoms with Crippen LogP contribution in [0.25, 0.3) is 10.9 Å². The van der Waals surface area contributed by atoms with Crippen molar-refractivity contribution in [3.8, 4) is 11.8 Å². The molecule has 1 atom stereocenters. The second kappa shape index (κ2) is 7.98. The van der Waals surface area contributed by atoms with Crippen LogP contribution < -0.4 is 0 Å². The van der Waals surface area contributed by atoms with E-state index in [2.05, 4.69) is 16.8 Å². The average Bonchev–Trinajstić information content (AvgIpc) is 2.64. The van der Waals surface area contributed by atoms with Gasteiger partial charge < -0.3 is 14.7 Å². The van der Waals surface area contributed by atoms with Gasteiger partial charge in [-0.2, -0.15) is 0 Å². The van der Waals surface area contributed by atoms with Gasteiger partial charge in [0, 0.05) is 30.2 Å². The maximum Gasteiger partial charge on any atom is 0.410 e. The highest BCUT2D eigenvalue weighted by atomic mass is 16.6. The van der Waals surface area contributed by atoms with Gasteiger partial charge in [0.05, 0.1) is 5.52 Å². The topological polar surface area (TPSA) is 62.7 Å². The summed E-state index contributed by atoms with van der Waals surface area (Å²) in [5.41, 5.74) is 1.23. The fraction of sp³-hybridized carbons (Fsp3) is 0.455. The van der Waals surface area contributed by atoms with Crippen LogP contribution in [0.4, 0.5) is 4.79 Å². The van der Waals surface area contributed by atoms with Crippen molar-refractivity contribution < 1.29 is 14.6 Å². The summed E-state index contributed by atoms with van der Waals surface area (Å²) < 4.78 is 5.40. The maximum atomic E-state index is 12.1. The minimum Gasteiger partial charge on any atom is -0.444 e. The minimum absolute atomic E-state index is 0.0598. The lowest BCUT2D eigenvalue weighted by molar-refractivity contribution is 0.0128. The van der Waals surface area contributed by atoms with Crippen LogP contribution in [0.3, 0.4) is 0 Å². The summed E-state index contributed by atoms with van der Waals surface area (Å²) in [6.07, 6.45) is 2.16. The Kier molecular flexibility index (Phi) is 5.67. The first kappa shape index (κ1) is 19.2. The Hall–Kier alpha value is -2.58. The normalized spacial score (nSPS) is 16.5. The van der Waals surface area contributed by atoms with Gasteiger partial charge in [0.2, 0.25) is 0 Å². The van der Waals surface area contributed by atoms with Gasteiger partial charge in [-0.25, -0.2) is 4.79 Å². The molecule has 5 nitrogen and oxygen atoms in total. The fourth-order valence-electron chi connectivity index (χ4n) is 3.14. The van der Waals surface area contributed by atoms with Gasteiger partial charge in [0.1, 0.15) is 11.7 Å². The molecule has 1 fully saturated rings. The number of aliphatic hydroxyl groups is 1. The van der Waals surface area contributed by atoms with E-state index in [9.17, 15) is 9.90 Å². The standard InChI is InChI=1S/C22H26N2O3/c1-22(2,3)27-21(26)24-12-10-17(11-13-24)20(25)9-8-16-14-18-6-4-5-7-19(18)23-15-16/h4-7,14-15,17,20,25H,10-13H2,1-3H3.